The van der Waals surface area contributed by atoms with Crippen LogP contribution in [0, 0.1) is 0 Å². The highest BCUT2D eigenvalue weighted by molar-refractivity contribution is 7.89. The zero-order valence-electron chi connectivity index (χ0n) is 11.7. The number of nitrogens with two attached hydrogens (primary N) is 1. The van der Waals surface area contributed by atoms with Crippen molar-refractivity contribution >= 4 is 15.7 Å². The minimum absolute atomic E-state index is 0.124. The van der Waals surface area contributed by atoms with Crippen LogP contribution in [0.15, 0.2) is 23.1 Å². The molecule has 6 nitrogen and oxygen atoms in total. The first kappa shape index (κ1) is 15.1. The molecule has 1 aromatic rings. The second-order valence-corrected chi connectivity index (χ2v) is 6.52. The van der Waals surface area contributed by atoms with Crippen LogP contribution >= 0.6 is 0 Å². The number of anilines is 1. The summed E-state index contributed by atoms with van der Waals surface area (Å²) >= 11 is 0. The van der Waals surface area contributed by atoms with E-state index in [9.17, 15) is 8.42 Å². The molecule has 2 N–H and O–H groups in total. The van der Waals surface area contributed by atoms with Gasteiger partial charge in [0.2, 0.25) is 10.0 Å². The van der Waals surface area contributed by atoms with Crippen LogP contribution < -0.4 is 10.5 Å². The van der Waals surface area contributed by atoms with Crippen LogP contribution in [-0.4, -0.2) is 45.6 Å². The highest BCUT2D eigenvalue weighted by Gasteiger charge is 2.34. The van der Waals surface area contributed by atoms with Gasteiger partial charge in [-0.05, 0) is 18.6 Å². The highest BCUT2D eigenvalue weighted by Crippen LogP contribution is 2.28. The van der Waals surface area contributed by atoms with Gasteiger partial charge in [-0.2, -0.15) is 4.31 Å². The van der Waals surface area contributed by atoms with Crippen molar-refractivity contribution in [2.75, 3.05) is 32.6 Å². The lowest BCUT2D eigenvalue weighted by atomic mass is 10.2. The van der Waals surface area contributed by atoms with E-state index in [4.69, 9.17) is 15.2 Å². The van der Waals surface area contributed by atoms with Crippen LogP contribution in [-0.2, 0) is 14.8 Å². The Hall–Kier alpha value is -1.31. The first-order valence-electron chi connectivity index (χ1n) is 6.53. The zero-order valence-corrected chi connectivity index (χ0v) is 12.5. The van der Waals surface area contributed by atoms with Crippen molar-refractivity contribution in [3.05, 3.63) is 18.2 Å². The number of nitrogens with zero attached hydrogens (tertiary/aromatic N) is 1. The molecule has 0 amide bonds. The van der Waals surface area contributed by atoms with E-state index in [1.807, 2.05) is 6.92 Å². The van der Waals surface area contributed by atoms with Crippen molar-refractivity contribution in [2.45, 2.75) is 24.3 Å². The lowest BCUT2D eigenvalue weighted by Crippen LogP contribution is -2.48. The number of sulfonamides is 1. The Labute approximate surface area is 119 Å². The molecule has 1 heterocycles. The maximum Gasteiger partial charge on any atom is 0.245 e. The third kappa shape index (κ3) is 2.74. The Morgan fingerprint density at radius 1 is 1.50 bits per heavy atom. The van der Waals surface area contributed by atoms with Crippen molar-refractivity contribution in [3.63, 3.8) is 0 Å². The van der Waals surface area contributed by atoms with E-state index in [1.54, 1.807) is 6.07 Å². The predicted octanol–water partition coefficient (Wildman–Crippen LogP) is 1.08. The summed E-state index contributed by atoms with van der Waals surface area (Å²) in [6.45, 7) is 3.13. The lowest BCUT2D eigenvalue weighted by Gasteiger charge is -2.34. The predicted molar refractivity (Wildman–Crippen MR) is 76.2 cm³/mol. The summed E-state index contributed by atoms with van der Waals surface area (Å²) in [5.41, 5.74) is 6.06. The third-order valence-electron chi connectivity index (χ3n) is 3.45. The Morgan fingerprint density at radius 3 is 2.85 bits per heavy atom. The SMILES string of the molecule is CCC1COCCN1S(=O)(=O)c1ccc(OC)cc1N. The Kier molecular flexibility index (Phi) is 4.52. The summed E-state index contributed by atoms with van der Waals surface area (Å²) in [4.78, 5) is 0.124. The summed E-state index contributed by atoms with van der Waals surface area (Å²) in [5.74, 6) is 0.537. The van der Waals surface area contributed by atoms with Gasteiger partial charge in [-0.3, -0.25) is 0 Å². The van der Waals surface area contributed by atoms with Crippen LogP contribution in [0.5, 0.6) is 5.75 Å². The van der Waals surface area contributed by atoms with Crippen LogP contribution in [0.3, 0.4) is 0 Å². The summed E-state index contributed by atoms with van der Waals surface area (Å²) in [7, 11) is -2.09. The van der Waals surface area contributed by atoms with Crippen molar-refractivity contribution < 1.29 is 17.9 Å². The van der Waals surface area contributed by atoms with E-state index in [-0.39, 0.29) is 16.6 Å². The van der Waals surface area contributed by atoms with Crippen molar-refractivity contribution in [1.82, 2.24) is 4.31 Å². The number of rotatable bonds is 4. The molecule has 1 aromatic carbocycles. The molecule has 0 bridgehead atoms. The van der Waals surface area contributed by atoms with Crippen LogP contribution in [0.2, 0.25) is 0 Å². The van der Waals surface area contributed by atoms with E-state index < -0.39 is 10.0 Å². The van der Waals surface area contributed by atoms with Crippen molar-refractivity contribution in [3.8, 4) is 5.75 Å². The molecule has 7 heteroatoms. The fourth-order valence-corrected chi connectivity index (χ4v) is 4.06. The number of benzene rings is 1. The average molecular weight is 300 g/mol. The maximum atomic E-state index is 12.7. The maximum absolute atomic E-state index is 12.7. The average Bonchev–Trinajstić information content (AvgIpc) is 2.46. The Balaban J connectivity index is 2.38. The fourth-order valence-electron chi connectivity index (χ4n) is 2.29. The van der Waals surface area contributed by atoms with Gasteiger partial charge in [0.25, 0.3) is 0 Å². The number of ether oxygens (including phenoxy) is 2. The van der Waals surface area contributed by atoms with Crippen molar-refractivity contribution in [2.24, 2.45) is 0 Å². The van der Waals surface area contributed by atoms with Gasteiger partial charge >= 0.3 is 0 Å². The molecule has 1 aliphatic heterocycles. The van der Waals surface area contributed by atoms with Crippen LogP contribution in [0.25, 0.3) is 0 Å². The topological polar surface area (TPSA) is 81.9 Å². The molecule has 1 atom stereocenters. The fraction of sp³-hybridized carbons (Fsp3) is 0.538. The van der Waals surface area contributed by atoms with E-state index in [0.29, 0.717) is 31.9 Å². The molecule has 0 radical (unpaired) electrons. The normalized spacial score (nSPS) is 20.8. The van der Waals surface area contributed by atoms with Gasteiger partial charge in [-0.1, -0.05) is 6.92 Å². The molecule has 112 valence electrons. The standard InChI is InChI=1S/C13H20N2O4S/c1-3-10-9-19-7-6-15(10)20(16,17)13-5-4-11(18-2)8-12(13)14/h4-5,8,10H,3,6-7,9,14H2,1-2H3. The van der Waals surface area contributed by atoms with Crippen LogP contribution in [0.1, 0.15) is 13.3 Å². The minimum atomic E-state index is -3.61. The third-order valence-corrected chi connectivity index (χ3v) is 5.47. The Bertz CT molecular complexity index is 574. The first-order chi connectivity index (χ1) is 9.50. The summed E-state index contributed by atoms with van der Waals surface area (Å²) in [5, 5.41) is 0. The molecule has 0 spiro atoms. The molecule has 1 unspecified atom stereocenters. The van der Waals surface area contributed by atoms with Crippen LogP contribution in [0.4, 0.5) is 5.69 Å². The quantitative estimate of drug-likeness (QED) is 0.841. The first-order valence-corrected chi connectivity index (χ1v) is 7.97. The zero-order chi connectivity index (χ0) is 14.8. The molecule has 2 rings (SSSR count). The summed E-state index contributed by atoms with van der Waals surface area (Å²) in [6, 6.07) is 4.47. The van der Waals surface area contributed by atoms with E-state index in [1.165, 1.54) is 23.5 Å². The lowest BCUT2D eigenvalue weighted by molar-refractivity contribution is 0.0314. The summed E-state index contributed by atoms with van der Waals surface area (Å²) in [6.07, 6.45) is 0.704. The second-order valence-electron chi connectivity index (χ2n) is 4.66. The molecule has 1 aliphatic rings. The molecule has 0 aromatic heterocycles. The van der Waals surface area contributed by atoms with Gasteiger partial charge in [-0.25, -0.2) is 8.42 Å². The molecular weight excluding hydrogens is 280 g/mol. The summed E-state index contributed by atoms with van der Waals surface area (Å²) < 4.78 is 37.3. The van der Waals surface area contributed by atoms with E-state index >= 15 is 0 Å². The molecule has 1 fully saturated rings. The van der Waals surface area contributed by atoms with Crippen molar-refractivity contribution in [1.29, 1.82) is 0 Å². The number of morpholine rings is 1. The molecule has 0 aliphatic carbocycles. The molecular formula is C13H20N2O4S. The highest BCUT2D eigenvalue weighted by atomic mass is 32.2. The minimum Gasteiger partial charge on any atom is -0.497 e. The molecule has 20 heavy (non-hydrogen) atoms. The van der Waals surface area contributed by atoms with E-state index in [2.05, 4.69) is 0 Å². The molecule has 0 saturated carbocycles. The van der Waals surface area contributed by atoms with Gasteiger partial charge in [0, 0.05) is 18.7 Å². The van der Waals surface area contributed by atoms with Gasteiger partial charge in [0.1, 0.15) is 10.6 Å². The monoisotopic (exact) mass is 300 g/mol. The number of hydrogen-bond acceptors (Lipinski definition) is 5. The van der Waals surface area contributed by atoms with Gasteiger partial charge in [0.15, 0.2) is 0 Å². The number of hydrogen-bond donors (Lipinski definition) is 1. The Morgan fingerprint density at radius 2 is 2.25 bits per heavy atom. The number of nitrogen functional groups attached to an aromatic ring is 1. The van der Waals surface area contributed by atoms with Gasteiger partial charge in [-0.15, -0.1) is 0 Å². The van der Waals surface area contributed by atoms with Gasteiger partial charge < -0.3 is 15.2 Å². The number of methoxy groups -OCH3 is 1. The van der Waals surface area contributed by atoms with E-state index in [0.717, 1.165) is 0 Å². The largest absolute Gasteiger partial charge is 0.497 e. The smallest absolute Gasteiger partial charge is 0.245 e. The molecule has 1 saturated heterocycles. The van der Waals surface area contributed by atoms with Gasteiger partial charge in [0.05, 0.1) is 26.0 Å². The second kappa shape index (κ2) is 5.99.